The Morgan fingerprint density at radius 3 is 2.68 bits per heavy atom. The minimum absolute atomic E-state index is 0.148. The molecule has 0 saturated carbocycles. The summed E-state index contributed by atoms with van der Waals surface area (Å²) in [5.74, 6) is 1.60. The van der Waals surface area contributed by atoms with E-state index in [-0.39, 0.29) is 5.82 Å². The van der Waals surface area contributed by atoms with Gasteiger partial charge < -0.3 is 5.32 Å². The highest BCUT2D eigenvalue weighted by molar-refractivity contribution is 7.99. The summed E-state index contributed by atoms with van der Waals surface area (Å²) in [6, 6.07) is 7.39. The van der Waals surface area contributed by atoms with E-state index < -0.39 is 0 Å². The van der Waals surface area contributed by atoms with E-state index in [4.69, 9.17) is 0 Å². The molecule has 0 bridgehead atoms. The van der Waals surface area contributed by atoms with Crippen molar-refractivity contribution in [1.29, 1.82) is 0 Å². The van der Waals surface area contributed by atoms with Gasteiger partial charge in [0.2, 0.25) is 0 Å². The van der Waals surface area contributed by atoms with Gasteiger partial charge in [-0.25, -0.2) is 4.39 Å². The summed E-state index contributed by atoms with van der Waals surface area (Å²) >= 11 is 1.74. The number of hydrogen-bond acceptors (Lipinski definition) is 2. The third-order valence-corrected chi connectivity index (χ3v) is 4.18. The summed E-state index contributed by atoms with van der Waals surface area (Å²) in [6.07, 6.45) is 3.59. The molecule has 0 aliphatic heterocycles. The number of benzene rings is 1. The van der Waals surface area contributed by atoms with E-state index in [9.17, 15) is 4.39 Å². The van der Waals surface area contributed by atoms with Crippen molar-refractivity contribution in [3.05, 3.63) is 30.1 Å². The van der Waals surface area contributed by atoms with Crippen molar-refractivity contribution in [1.82, 2.24) is 5.32 Å². The first kappa shape index (κ1) is 16.5. The second-order valence-electron chi connectivity index (χ2n) is 5.39. The van der Waals surface area contributed by atoms with Crippen molar-refractivity contribution >= 4 is 11.8 Å². The zero-order valence-corrected chi connectivity index (χ0v) is 13.1. The van der Waals surface area contributed by atoms with Crippen molar-refractivity contribution in [2.75, 3.05) is 12.3 Å². The maximum absolute atomic E-state index is 13.1. The van der Waals surface area contributed by atoms with Crippen molar-refractivity contribution in [2.45, 2.75) is 51.0 Å². The van der Waals surface area contributed by atoms with E-state index in [2.05, 4.69) is 26.1 Å². The standard InChI is InChI=1S/C16H26FNS/c1-4-10-18-15(9-8-13(2)3)12-19-16-7-5-6-14(17)11-16/h5-7,11,13,15,18H,4,8-10,12H2,1-3H3. The van der Waals surface area contributed by atoms with Gasteiger partial charge in [0, 0.05) is 16.7 Å². The van der Waals surface area contributed by atoms with Crippen molar-refractivity contribution in [3.8, 4) is 0 Å². The summed E-state index contributed by atoms with van der Waals surface area (Å²) in [5, 5.41) is 3.60. The first-order valence-corrected chi connectivity index (χ1v) is 8.22. The molecule has 0 fully saturated rings. The van der Waals surface area contributed by atoms with E-state index >= 15 is 0 Å². The molecule has 0 aromatic heterocycles. The van der Waals surface area contributed by atoms with Crippen LogP contribution in [0.5, 0.6) is 0 Å². The maximum Gasteiger partial charge on any atom is 0.124 e. The molecule has 0 saturated heterocycles. The zero-order valence-electron chi connectivity index (χ0n) is 12.3. The van der Waals surface area contributed by atoms with Crippen molar-refractivity contribution < 1.29 is 4.39 Å². The molecule has 1 aromatic carbocycles. The monoisotopic (exact) mass is 283 g/mol. The Balaban J connectivity index is 2.42. The van der Waals surface area contributed by atoms with E-state index in [0.717, 1.165) is 29.5 Å². The molecule has 1 N–H and O–H groups in total. The maximum atomic E-state index is 13.1. The largest absolute Gasteiger partial charge is 0.313 e. The Bertz CT molecular complexity index is 354. The summed E-state index contributed by atoms with van der Waals surface area (Å²) in [7, 11) is 0. The van der Waals surface area contributed by atoms with Gasteiger partial charge in [-0.2, -0.15) is 0 Å². The SMILES string of the molecule is CCCNC(CCC(C)C)CSc1cccc(F)c1. The molecule has 0 amide bonds. The molecular formula is C16H26FNS. The average molecular weight is 283 g/mol. The Kier molecular flexibility index (Phi) is 8.15. The van der Waals surface area contributed by atoms with Crippen LogP contribution in [0, 0.1) is 11.7 Å². The van der Waals surface area contributed by atoms with Crippen LogP contribution >= 0.6 is 11.8 Å². The molecule has 0 aliphatic carbocycles. The molecule has 1 nitrogen and oxygen atoms in total. The fraction of sp³-hybridized carbons (Fsp3) is 0.625. The van der Waals surface area contributed by atoms with Crippen LogP contribution < -0.4 is 5.32 Å². The summed E-state index contributed by atoms with van der Waals surface area (Å²) < 4.78 is 13.1. The molecule has 0 heterocycles. The fourth-order valence-corrected chi connectivity index (χ4v) is 2.93. The predicted octanol–water partition coefficient (Wildman–Crippen LogP) is 4.72. The van der Waals surface area contributed by atoms with E-state index in [1.165, 1.54) is 18.9 Å². The highest BCUT2D eigenvalue weighted by atomic mass is 32.2. The number of halogens is 1. The topological polar surface area (TPSA) is 12.0 Å². The molecule has 19 heavy (non-hydrogen) atoms. The molecule has 108 valence electrons. The smallest absolute Gasteiger partial charge is 0.124 e. The van der Waals surface area contributed by atoms with Gasteiger partial charge in [0.1, 0.15) is 5.82 Å². The highest BCUT2D eigenvalue weighted by Crippen LogP contribution is 2.21. The lowest BCUT2D eigenvalue weighted by atomic mass is 10.0. The number of hydrogen-bond donors (Lipinski definition) is 1. The lowest BCUT2D eigenvalue weighted by Crippen LogP contribution is -2.32. The average Bonchev–Trinajstić information content (AvgIpc) is 2.37. The van der Waals surface area contributed by atoms with E-state index in [1.807, 2.05) is 6.07 Å². The summed E-state index contributed by atoms with van der Waals surface area (Å²) in [6.45, 7) is 7.77. The van der Waals surface area contributed by atoms with Gasteiger partial charge >= 0.3 is 0 Å². The predicted molar refractivity (Wildman–Crippen MR) is 83.3 cm³/mol. The van der Waals surface area contributed by atoms with Gasteiger partial charge in [0.15, 0.2) is 0 Å². The van der Waals surface area contributed by atoms with Gasteiger partial charge in [-0.05, 0) is 49.9 Å². The second-order valence-corrected chi connectivity index (χ2v) is 6.48. The Hall–Kier alpha value is -0.540. The number of thioether (sulfide) groups is 1. The van der Waals surface area contributed by atoms with Crippen LogP contribution in [0.1, 0.15) is 40.0 Å². The molecule has 0 aliphatic rings. The third-order valence-electron chi connectivity index (χ3n) is 3.02. The van der Waals surface area contributed by atoms with Gasteiger partial charge in [-0.1, -0.05) is 26.8 Å². The van der Waals surface area contributed by atoms with Crippen molar-refractivity contribution in [2.24, 2.45) is 5.92 Å². The van der Waals surface area contributed by atoms with Crippen LogP contribution in [0.25, 0.3) is 0 Å². The summed E-state index contributed by atoms with van der Waals surface area (Å²) in [4.78, 5) is 1.02. The van der Waals surface area contributed by atoms with E-state index in [1.54, 1.807) is 23.9 Å². The molecule has 0 radical (unpaired) electrons. The van der Waals surface area contributed by atoms with Gasteiger partial charge in [0.25, 0.3) is 0 Å². The van der Waals surface area contributed by atoms with Crippen molar-refractivity contribution in [3.63, 3.8) is 0 Å². The zero-order chi connectivity index (χ0) is 14.1. The summed E-state index contributed by atoms with van der Waals surface area (Å²) in [5.41, 5.74) is 0. The molecule has 1 unspecified atom stereocenters. The minimum atomic E-state index is -0.148. The van der Waals surface area contributed by atoms with E-state index in [0.29, 0.717) is 6.04 Å². The first-order chi connectivity index (χ1) is 9.11. The van der Waals surface area contributed by atoms with Gasteiger partial charge in [-0.3, -0.25) is 0 Å². The lowest BCUT2D eigenvalue weighted by molar-refractivity contribution is 0.456. The van der Waals surface area contributed by atoms with Crippen LogP contribution in [0.2, 0.25) is 0 Å². The van der Waals surface area contributed by atoms with Gasteiger partial charge in [0.05, 0.1) is 0 Å². The molecule has 0 spiro atoms. The van der Waals surface area contributed by atoms with Crippen LogP contribution in [0.3, 0.4) is 0 Å². The second kappa shape index (κ2) is 9.38. The van der Waals surface area contributed by atoms with Crippen LogP contribution in [0.15, 0.2) is 29.2 Å². The highest BCUT2D eigenvalue weighted by Gasteiger charge is 2.09. The molecule has 3 heteroatoms. The third kappa shape index (κ3) is 7.58. The van der Waals surface area contributed by atoms with Crippen LogP contribution in [-0.4, -0.2) is 18.3 Å². The Morgan fingerprint density at radius 1 is 1.26 bits per heavy atom. The minimum Gasteiger partial charge on any atom is -0.313 e. The quantitative estimate of drug-likeness (QED) is 0.658. The Labute approximate surface area is 121 Å². The Morgan fingerprint density at radius 2 is 2.05 bits per heavy atom. The normalized spacial score (nSPS) is 12.9. The van der Waals surface area contributed by atoms with Crippen LogP contribution in [-0.2, 0) is 0 Å². The van der Waals surface area contributed by atoms with Gasteiger partial charge in [-0.15, -0.1) is 11.8 Å². The fourth-order valence-electron chi connectivity index (χ4n) is 1.88. The number of rotatable bonds is 9. The molecule has 1 rings (SSSR count). The number of nitrogens with one attached hydrogen (secondary N) is 1. The molecule has 1 atom stereocenters. The molecular weight excluding hydrogens is 257 g/mol. The molecule has 1 aromatic rings. The van der Waals surface area contributed by atoms with Crippen LogP contribution in [0.4, 0.5) is 4.39 Å². The lowest BCUT2D eigenvalue weighted by Gasteiger charge is -2.19. The first-order valence-electron chi connectivity index (χ1n) is 7.23.